The number of nitrogens with one attached hydrogen (secondary N) is 1. The minimum absolute atomic E-state index is 0.281. The van der Waals surface area contributed by atoms with Crippen LogP contribution in [0.4, 0.5) is 0 Å². The molecular weight excluding hydrogens is 170 g/mol. The van der Waals surface area contributed by atoms with Crippen LogP contribution in [0.2, 0.25) is 0 Å². The van der Waals surface area contributed by atoms with Crippen molar-refractivity contribution in [2.75, 3.05) is 6.54 Å². The predicted molar refractivity (Wildman–Crippen MR) is 50.3 cm³/mol. The van der Waals surface area contributed by atoms with Crippen molar-refractivity contribution in [1.82, 2.24) is 5.32 Å². The van der Waals surface area contributed by atoms with Crippen LogP contribution in [-0.2, 0) is 0 Å². The highest BCUT2D eigenvalue weighted by atomic mass is 32.1. The first-order valence-electron chi connectivity index (χ1n) is 4.33. The first-order chi connectivity index (χ1) is 5.88. The van der Waals surface area contributed by atoms with Gasteiger partial charge in [0.1, 0.15) is 6.10 Å². The highest BCUT2D eigenvalue weighted by Crippen LogP contribution is 2.25. The maximum absolute atomic E-state index is 9.86. The molecule has 66 valence electrons. The Labute approximate surface area is 76.2 Å². The van der Waals surface area contributed by atoms with E-state index in [1.165, 1.54) is 6.42 Å². The van der Waals surface area contributed by atoms with Gasteiger partial charge in [0.25, 0.3) is 0 Å². The van der Waals surface area contributed by atoms with E-state index in [4.69, 9.17) is 0 Å². The minimum atomic E-state index is -0.299. The van der Waals surface area contributed by atoms with Gasteiger partial charge in [-0.15, -0.1) is 11.3 Å². The Morgan fingerprint density at radius 2 is 2.58 bits per heavy atom. The van der Waals surface area contributed by atoms with Crippen LogP contribution in [0.1, 0.15) is 23.8 Å². The van der Waals surface area contributed by atoms with Gasteiger partial charge in [-0.1, -0.05) is 6.07 Å². The number of aliphatic hydroxyl groups is 1. The Morgan fingerprint density at radius 1 is 1.67 bits per heavy atom. The number of rotatable bonds is 2. The molecular formula is C9H13NOS. The molecule has 1 aromatic rings. The Bertz CT molecular complexity index is 229. The zero-order chi connectivity index (χ0) is 8.39. The monoisotopic (exact) mass is 183 g/mol. The van der Waals surface area contributed by atoms with Crippen molar-refractivity contribution < 1.29 is 5.11 Å². The van der Waals surface area contributed by atoms with Crippen molar-refractivity contribution in [3.05, 3.63) is 22.4 Å². The van der Waals surface area contributed by atoms with Gasteiger partial charge in [0, 0.05) is 10.9 Å². The van der Waals surface area contributed by atoms with Gasteiger partial charge in [-0.3, -0.25) is 0 Å². The van der Waals surface area contributed by atoms with Crippen molar-refractivity contribution in [3.63, 3.8) is 0 Å². The van der Waals surface area contributed by atoms with Crippen LogP contribution in [0.15, 0.2) is 17.5 Å². The highest BCUT2D eigenvalue weighted by Gasteiger charge is 2.24. The van der Waals surface area contributed by atoms with Crippen LogP contribution >= 0.6 is 11.3 Å². The fourth-order valence-electron chi connectivity index (χ4n) is 1.64. The SMILES string of the molecule is OC(c1cccs1)C1CCCN1. The number of aliphatic hydroxyl groups excluding tert-OH is 1. The molecule has 0 saturated carbocycles. The van der Waals surface area contributed by atoms with E-state index in [9.17, 15) is 5.11 Å². The summed E-state index contributed by atoms with van der Waals surface area (Å²) in [4.78, 5) is 1.08. The van der Waals surface area contributed by atoms with Crippen LogP contribution in [0, 0.1) is 0 Å². The maximum atomic E-state index is 9.86. The molecule has 2 nitrogen and oxygen atoms in total. The molecule has 1 fully saturated rings. The molecule has 1 aliphatic rings. The maximum Gasteiger partial charge on any atom is 0.103 e. The molecule has 0 aliphatic carbocycles. The van der Waals surface area contributed by atoms with Gasteiger partial charge in [-0.25, -0.2) is 0 Å². The van der Waals surface area contributed by atoms with Gasteiger partial charge < -0.3 is 10.4 Å². The van der Waals surface area contributed by atoms with Crippen LogP contribution < -0.4 is 5.32 Å². The van der Waals surface area contributed by atoms with E-state index in [1.807, 2.05) is 17.5 Å². The smallest absolute Gasteiger partial charge is 0.103 e. The van der Waals surface area contributed by atoms with Crippen molar-refractivity contribution in [1.29, 1.82) is 0 Å². The Hall–Kier alpha value is -0.380. The van der Waals surface area contributed by atoms with E-state index < -0.39 is 0 Å². The number of hydrogen-bond acceptors (Lipinski definition) is 3. The lowest BCUT2D eigenvalue weighted by molar-refractivity contribution is 0.141. The fourth-order valence-corrected chi connectivity index (χ4v) is 2.41. The Morgan fingerprint density at radius 3 is 3.17 bits per heavy atom. The summed E-state index contributed by atoms with van der Waals surface area (Å²) in [6, 6.07) is 4.26. The summed E-state index contributed by atoms with van der Waals surface area (Å²) >= 11 is 1.63. The van der Waals surface area contributed by atoms with E-state index in [2.05, 4.69) is 5.32 Å². The molecule has 1 aromatic heterocycles. The second kappa shape index (κ2) is 3.56. The highest BCUT2D eigenvalue weighted by molar-refractivity contribution is 7.10. The van der Waals surface area contributed by atoms with Crippen LogP contribution in [0.5, 0.6) is 0 Å². The average Bonchev–Trinajstić information content (AvgIpc) is 2.77. The minimum Gasteiger partial charge on any atom is -0.386 e. The molecule has 2 unspecified atom stereocenters. The zero-order valence-electron chi connectivity index (χ0n) is 6.86. The van der Waals surface area contributed by atoms with Gasteiger partial charge >= 0.3 is 0 Å². The molecule has 12 heavy (non-hydrogen) atoms. The van der Waals surface area contributed by atoms with E-state index >= 15 is 0 Å². The van der Waals surface area contributed by atoms with Gasteiger partial charge in [0.05, 0.1) is 0 Å². The molecule has 1 saturated heterocycles. The summed E-state index contributed by atoms with van der Waals surface area (Å²) in [6.45, 7) is 1.05. The summed E-state index contributed by atoms with van der Waals surface area (Å²) in [7, 11) is 0. The van der Waals surface area contributed by atoms with Crippen molar-refractivity contribution in [2.45, 2.75) is 25.0 Å². The van der Waals surface area contributed by atoms with E-state index in [1.54, 1.807) is 11.3 Å². The second-order valence-corrected chi connectivity index (χ2v) is 4.14. The molecule has 3 heteroatoms. The number of thiophene rings is 1. The molecule has 0 amide bonds. The van der Waals surface area contributed by atoms with Crippen molar-refractivity contribution >= 4 is 11.3 Å². The summed E-state index contributed by atoms with van der Waals surface area (Å²) in [5.41, 5.74) is 0. The van der Waals surface area contributed by atoms with Gasteiger partial charge in [-0.2, -0.15) is 0 Å². The van der Waals surface area contributed by atoms with Crippen molar-refractivity contribution in [3.8, 4) is 0 Å². The van der Waals surface area contributed by atoms with E-state index in [0.717, 1.165) is 17.8 Å². The third-order valence-corrected chi connectivity index (χ3v) is 3.26. The molecule has 2 N–H and O–H groups in total. The van der Waals surface area contributed by atoms with Crippen molar-refractivity contribution in [2.24, 2.45) is 0 Å². The van der Waals surface area contributed by atoms with Gasteiger partial charge in [0.15, 0.2) is 0 Å². The summed E-state index contributed by atoms with van der Waals surface area (Å²) < 4.78 is 0. The largest absolute Gasteiger partial charge is 0.386 e. The zero-order valence-corrected chi connectivity index (χ0v) is 7.68. The van der Waals surface area contributed by atoms with E-state index in [-0.39, 0.29) is 12.1 Å². The summed E-state index contributed by atoms with van der Waals surface area (Å²) in [5, 5.41) is 15.2. The molecule has 2 atom stereocenters. The molecule has 2 rings (SSSR count). The molecule has 1 aliphatic heterocycles. The third-order valence-electron chi connectivity index (χ3n) is 2.31. The second-order valence-electron chi connectivity index (χ2n) is 3.16. The first-order valence-corrected chi connectivity index (χ1v) is 5.21. The molecule has 0 bridgehead atoms. The Balaban J connectivity index is 2.04. The molecule has 2 heterocycles. The van der Waals surface area contributed by atoms with Gasteiger partial charge in [0.2, 0.25) is 0 Å². The summed E-state index contributed by atoms with van der Waals surface area (Å²) in [5.74, 6) is 0. The molecule has 0 radical (unpaired) electrons. The van der Waals surface area contributed by atoms with Gasteiger partial charge in [-0.05, 0) is 30.8 Å². The predicted octanol–water partition coefficient (Wildman–Crippen LogP) is 1.53. The number of hydrogen-bond donors (Lipinski definition) is 2. The fraction of sp³-hybridized carbons (Fsp3) is 0.556. The quantitative estimate of drug-likeness (QED) is 0.729. The average molecular weight is 183 g/mol. The lowest BCUT2D eigenvalue weighted by Crippen LogP contribution is -2.28. The normalized spacial score (nSPS) is 25.9. The topological polar surface area (TPSA) is 32.3 Å². The van der Waals surface area contributed by atoms with E-state index in [0.29, 0.717) is 0 Å². The third kappa shape index (κ3) is 1.53. The lowest BCUT2D eigenvalue weighted by Gasteiger charge is -2.16. The summed E-state index contributed by atoms with van der Waals surface area (Å²) in [6.07, 6.45) is 1.99. The lowest BCUT2D eigenvalue weighted by atomic mass is 10.1. The Kier molecular flexibility index (Phi) is 2.44. The van der Waals surface area contributed by atoms with Crippen LogP contribution in [0.25, 0.3) is 0 Å². The molecule has 0 spiro atoms. The molecule has 0 aromatic carbocycles. The standard InChI is InChI=1S/C9H13NOS/c11-9(7-3-1-5-10-7)8-4-2-6-12-8/h2,4,6-7,9-11H,1,3,5H2. The van der Waals surface area contributed by atoms with Crippen LogP contribution in [-0.4, -0.2) is 17.7 Å². The first kappa shape index (κ1) is 8.23. The van der Waals surface area contributed by atoms with Crippen LogP contribution in [0.3, 0.4) is 0 Å².